The molecule has 0 N–H and O–H groups in total. The molecule has 6 heteroatoms. The second kappa shape index (κ2) is 47.4. The Balaban J connectivity index is 4.28. The predicted molar refractivity (Wildman–Crippen MR) is 266 cm³/mol. The molecule has 0 bridgehead atoms. The average Bonchev–Trinajstić information content (AvgIpc) is 3.24. The van der Waals surface area contributed by atoms with Crippen LogP contribution in [0.3, 0.4) is 0 Å². The molecule has 2 atom stereocenters. The molecule has 0 fully saturated rings. The maximum absolute atomic E-state index is 12.8. The number of rotatable bonds is 49. The Morgan fingerprint density at radius 2 is 0.565 bits per heavy atom. The largest absolute Gasteiger partial charge is 0.462 e. The highest BCUT2D eigenvalue weighted by molar-refractivity contribution is 5.71. The second-order valence-electron chi connectivity index (χ2n) is 20.4. The van der Waals surface area contributed by atoms with Crippen molar-refractivity contribution in [3.05, 3.63) is 0 Å². The molecule has 0 aromatic carbocycles. The third kappa shape index (κ3) is 47.9. The van der Waals surface area contributed by atoms with Crippen LogP contribution in [-0.4, -0.2) is 37.2 Å². The molecular formula is C56H108O6. The lowest BCUT2D eigenvalue weighted by Crippen LogP contribution is -2.30. The number of ether oxygens (including phenoxy) is 3. The monoisotopic (exact) mass is 877 g/mol. The van der Waals surface area contributed by atoms with Crippen molar-refractivity contribution in [3.8, 4) is 0 Å². The lowest BCUT2D eigenvalue weighted by Gasteiger charge is -2.18. The first kappa shape index (κ1) is 60.4. The van der Waals surface area contributed by atoms with Crippen LogP contribution >= 0.6 is 0 Å². The molecule has 0 amide bonds. The van der Waals surface area contributed by atoms with Crippen molar-refractivity contribution >= 4 is 17.9 Å². The van der Waals surface area contributed by atoms with Gasteiger partial charge in [-0.1, -0.05) is 266 Å². The van der Waals surface area contributed by atoms with Gasteiger partial charge in [-0.25, -0.2) is 0 Å². The van der Waals surface area contributed by atoms with E-state index in [9.17, 15) is 14.4 Å². The molecule has 0 saturated carbocycles. The Labute approximate surface area is 387 Å². The Kier molecular flexibility index (Phi) is 46.2. The summed E-state index contributed by atoms with van der Waals surface area (Å²) in [6, 6.07) is 0. The number of carbonyl (C=O) groups excluding carboxylic acids is 3. The minimum atomic E-state index is -0.763. The van der Waals surface area contributed by atoms with Crippen LogP contribution in [0, 0.1) is 17.8 Å². The van der Waals surface area contributed by atoms with Crippen molar-refractivity contribution in [1.29, 1.82) is 0 Å². The van der Waals surface area contributed by atoms with Crippen LogP contribution in [0.1, 0.15) is 305 Å². The minimum Gasteiger partial charge on any atom is -0.462 e. The summed E-state index contributed by atoms with van der Waals surface area (Å²) in [7, 11) is 0. The number of carbonyl (C=O) groups is 3. The Hall–Kier alpha value is -1.59. The third-order valence-electron chi connectivity index (χ3n) is 13.0. The molecule has 0 saturated heterocycles. The maximum atomic E-state index is 12.8. The van der Waals surface area contributed by atoms with Gasteiger partial charge in [-0.3, -0.25) is 14.4 Å². The Morgan fingerprint density at radius 3 is 0.839 bits per heavy atom. The normalized spacial score (nSPS) is 12.6. The molecular weight excluding hydrogens is 769 g/mol. The number of hydrogen-bond acceptors (Lipinski definition) is 6. The fourth-order valence-corrected chi connectivity index (χ4v) is 8.44. The van der Waals surface area contributed by atoms with Crippen molar-refractivity contribution in [2.24, 2.45) is 17.8 Å². The van der Waals surface area contributed by atoms with Gasteiger partial charge < -0.3 is 14.2 Å². The topological polar surface area (TPSA) is 78.9 Å². The van der Waals surface area contributed by atoms with Gasteiger partial charge in [0.25, 0.3) is 0 Å². The van der Waals surface area contributed by atoms with Gasteiger partial charge in [-0.2, -0.15) is 0 Å². The maximum Gasteiger partial charge on any atom is 0.306 e. The van der Waals surface area contributed by atoms with E-state index in [-0.39, 0.29) is 31.1 Å². The Morgan fingerprint density at radius 1 is 0.323 bits per heavy atom. The summed E-state index contributed by atoms with van der Waals surface area (Å²) < 4.78 is 16.9. The number of esters is 3. The van der Waals surface area contributed by atoms with Crippen molar-refractivity contribution in [2.75, 3.05) is 13.2 Å². The summed E-state index contributed by atoms with van der Waals surface area (Å²) in [5.74, 6) is 1.67. The van der Waals surface area contributed by atoms with Crippen LogP contribution in [0.4, 0.5) is 0 Å². The zero-order valence-electron chi connectivity index (χ0n) is 42.7. The van der Waals surface area contributed by atoms with Crippen LogP contribution in [0.25, 0.3) is 0 Å². The lowest BCUT2D eigenvalue weighted by molar-refractivity contribution is -0.167. The highest BCUT2D eigenvalue weighted by atomic mass is 16.6. The van der Waals surface area contributed by atoms with Crippen molar-refractivity contribution < 1.29 is 28.6 Å². The van der Waals surface area contributed by atoms with Crippen LogP contribution < -0.4 is 0 Å². The summed E-state index contributed by atoms with van der Waals surface area (Å²) in [5.41, 5.74) is 0. The van der Waals surface area contributed by atoms with Crippen molar-refractivity contribution in [2.45, 2.75) is 311 Å². The van der Waals surface area contributed by atoms with E-state index in [4.69, 9.17) is 14.2 Å². The fourth-order valence-electron chi connectivity index (χ4n) is 8.44. The zero-order valence-corrected chi connectivity index (χ0v) is 42.7. The third-order valence-corrected chi connectivity index (χ3v) is 13.0. The first-order valence-corrected chi connectivity index (χ1v) is 27.6. The van der Waals surface area contributed by atoms with Gasteiger partial charge in [0.2, 0.25) is 0 Å². The van der Waals surface area contributed by atoms with E-state index < -0.39 is 6.10 Å². The number of hydrogen-bond donors (Lipinski definition) is 0. The average molecular weight is 877 g/mol. The first-order chi connectivity index (χ1) is 30.1. The van der Waals surface area contributed by atoms with Gasteiger partial charge in [0.05, 0.1) is 0 Å². The molecule has 0 aliphatic carbocycles. The van der Waals surface area contributed by atoms with E-state index in [1.165, 1.54) is 186 Å². The molecule has 1 unspecified atom stereocenters. The zero-order chi connectivity index (χ0) is 45.6. The van der Waals surface area contributed by atoms with Gasteiger partial charge in [0.15, 0.2) is 6.10 Å². The molecule has 0 aliphatic heterocycles. The van der Waals surface area contributed by atoms with Crippen LogP contribution in [0.15, 0.2) is 0 Å². The molecule has 368 valence electrons. The van der Waals surface area contributed by atoms with Gasteiger partial charge >= 0.3 is 17.9 Å². The first-order valence-electron chi connectivity index (χ1n) is 27.6. The summed E-state index contributed by atoms with van der Waals surface area (Å²) in [4.78, 5) is 38.0. The molecule has 0 spiro atoms. The van der Waals surface area contributed by atoms with Gasteiger partial charge in [-0.05, 0) is 37.0 Å². The van der Waals surface area contributed by atoms with Crippen molar-refractivity contribution in [1.82, 2.24) is 0 Å². The van der Waals surface area contributed by atoms with E-state index in [1.54, 1.807) is 0 Å². The highest BCUT2D eigenvalue weighted by Gasteiger charge is 2.19. The predicted octanol–water partition coefficient (Wildman–Crippen LogP) is 17.9. The molecule has 0 radical (unpaired) electrons. The standard InChI is InChI=1S/C56H108O6/c1-7-52(6)44-38-32-26-22-23-29-35-41-47-56(59)62-53(49-61-55(58)46-40-34-28-21-17-13-15-19-25-31-37-43-51(4)5)48-60-54(57)45-39-33-27-20-16-12-10-8-9-11-14-18-24-30-36-42-50(2)3/h50-53H,7-49H2,1-6H3/t52?,53-/m1/s1. The van der Waals surface area contributed by atoms with E-state index in [0.29, 0.717) is 19.3 Å². The number of unbranched alkanes of at least 4 members (excludes halogenated alkanes) is 31. The molecule has 0 aliphatic rings. The molecule has 62 heavy (non-hydrogen) atoms. The van der Waals surface area contributed by atoms with Crippen LogP contribution in [0.5, 0.6) is 0 Å². The summed E-state index contributed by atoms with van der Waals surface area (Å²) >= 11 is 0. The smallest absolute Gasteiger partial charge is 0.306 e. The van der Waals surface area contributed by atoms with E-state index in [0.717, 1.165) is 75.5 Å². The summed E-state index contributed by atoms with van der Waals surface area (Å²) in [6.45, 7) is 13.8. The highest BCUT2D eigenvalue weighted by Crippen LogP contribution is 2.18. The van der Waals surface area contributed by atoms with Gasteiger partial charge in [0.1, 0.15) is 13.2 Å². The van der Waals surface area contributed by atoms with Crippen LogP contribution in [0.2, 0.25) is 0 Å². The van der Waals surface area contributed by atoms with Crippen LogP contribution in [-0.2, 0) is 28.6 Å². The molecule has 0 rings (SSSR count). The van der Waals surface area contributed by atoms with E-state index in [2.05, 4.69) is 41.5 Å². The summed E-state index contributed by atoms with van der Waals surface area (Å²) in [6.07, 6.45) is 48.0. The van der Waals surface area contributed by atoms with Crippen molar-refractivity contribution in [3.63, 3.8) is 0 Å². The molecule has 0 heterocycles. The Bertz CT molecular complexity index is 962. The van der Waals surface area contributed by atoms with E-state index >= 15 is 0 Å². The fraction of sp³-hybridized carbons (Fsp3) is 0.946. The van der Waals surface area contributed by atoms with Gasteiger partial charge in [-0.15, -0.1) is 0 Å². The summed E-state index contributed by atoms with van der Waals surface area (Å²) in [5, 5.41) is 0. The quantitative estimate of drug-likeness (QED) is 0.0344. The molecule has 0 aromatic rings. The molecule has 6 nitrogen and oxygen atoms in total. The van der Waals surface area contributed by atoms with E-state index in [1.807, 2.05) is 0 Å². The minimum absolute atomic E-state index is 0.0644. The van der Waals surface area contributed by atoms with Gasteiger partial charge in [0, 0.05) is 19.3 Å². The SMILES string of the molecule is CCC(C)CCCCCCCCCCC(=O)O[C@H](COC(=O)CCCCCCCCCCCCCCCCCC(C)C)COC(=O)CCCCCCCCCCCCCC(C)C. The lowest BCUT2D eigenvalue weighted by atomic mass is 9.99. The second-order valence-corrected chi connectivity index (χ2v) is 20.4. The molecule has 0 aromatic heterocycles.